The van der Waals surface area contributed by atoms with Crippen LogP contribution in [0.2, 0.25) is 0 Å². The summed E-state index contributed by atoms with van der Waals surface area (Å²) in [4.78, 5) is 4.10. The molecule has 3 heterocycles. The number of nitrogens with one attached hydrogen (secondary N) is 1. The fraction of sp³-hybridized carbons (Fsp3) is 1.00. The first-order valence-corrected chi connectivity index (χ1v) is 7.79. The Balaban J connectivity index is 1.43. The summed E-state index contributed by atoms with van der Waals surface area (Å²) in [6.45, 7) is 2.75. The van der Waals surface area contributed by atoms with Gasteiger partial charge in [-0.15, -0.1) is 0 Å². The standard InChI is InChI=1S/C14H24F3N3/c15-14(16,17)10-19-6-3-12(9-19)18-11-4-7-20-5-1-2-13(20)8-11/h11-13,18H,1-10H2. The molecular formula is C14H24F3N3. The van der Waals surface area contributed by atoms with Crippen molar-refractivity contribution >= 4 is 0 Å². The van der Waals surface area contributed by atoms with Gasteiger partial charge in [0.2, 0.25) is 0 Å². The molecule has 0 saturated carbocycles. The summed E-state index contributed by atoms with van der Waals surface area (Å²) in [5.41, 5.74) is 0. The van der Waals surface area contributed by atoms with Gasteiger partial charge < -0.3 is 10.2 Å². The van der Waals surface area contributed by atoms with E-state index in [1.165, 1.54) is 30.7 Å². The van der Waals surface area contributed by atoms with Gasteiger partial charge in [-0.1, -0.05) is 0 Å². The summed E-state index contributed by atoms with van der Waals surface area (Å²) < 4.78 is 37.1. The monoisotopic (exact) mass is 291 g/mol. The van der Waals surface area contributed by atoms with Crippen LogP contribution in [0.4, 0.5) is 13.2 Å². The molecule has 0 aromatic heterocycles. The lowest BCUT2D eigenvalue weighted by Gasteiger charge is -2.36. The summed E-state index contributed by atoms with van der Waals surface area (Å²) in [5.74, 6) is 0. The van der Waals surface area contributed by atoms with Crippen molar-refractivity contribution in [3.05, 3.63) is 0 Å². The minimum absolute atomic E-state index is 0.246. The molecule has 3 aliphatic heterocycles. The molecule has 6 heteroatoms. The molecule has 0 aliphatic carbocycles. The van der Waals surface area contributed by atoms with Crippen molar-refractivity contribution < 1.29 is 13.2 Å². The summed E-state index contributed by atoms with van der Waals surface area (Å²) >= 11 is 0. The summed E-state index contributed by atoms with van der Waals surface area (Å²) in [5, 5.41) is 3.61. The highest BCUT2D eigenvalue weighted by Gasteiger charge is 2.36. The SMILES string of the molecule is FC(F)(F)CN1CCC(NC2CCN3CCCC3C2)C1. The zero-order valence-electron chi connectivity index (χ0n) is 11.8. The molecule has 3 saturated heterocycles. The zero-order valence-corrected chi connectivity index (χ0v) is 11.8. The molecule has 0 bridgehead atoms. The Bertz CT molecular complexity index is 334. The molecule has 0 spiro atoms. The van der Waals surface area contributed by atoms with Gasteiger partial charge in [0.15, 0.2) is 0 Å². The molecule has 0 radical (unpaired) electrons. The lowest BCUT2D eigenvalue weighted by Crippen LogP contribution is -2.49. The van der Waals surface area contributed by atoms with Crippen LogP contribution in [0.1, 0.15) is 32.1 Å². The first-order chi connectivity index (χ1) is 9.49. The van der Waals surface area contributed by atoms with Crippen LogP contribution in [-0.2, 0) is 0 Å². The maximum absolute atomic E-state index is 12.4. The number of piperidine rings is 1. The third kappa shape index (κ3) is 3.65. The summed E-state index contributed by atoms with van der Waals surface area (Å²) in [6, 6.07) is 1.47. The molecule has 3 unspecified atom stereocenters. The Labute approximate surface area is 118 Å². The fourth-order valence-electron chi connectivity index (χ4n) is 4.07. The van der Waals surface area contributed by atoms with E-state index in [9.17, 15) is 13.2 Å². The number of alkyl halides is 3. The number of rotatable bonds is 3. The second-order valence-electron chi connectivity index (χ2n) is 6.56. The van der Waals surface area contributed by atoms with Crippen molar-refractivity contribution in [1.29, 1.82) is 0 Å². The van der Waals surface area contributed by atoms with Gasteiger partial charge in [0.05, 0.1) is 6.54 Å². The van der Waals surface area contributed by atoms with E-state index in [2.05, 4.69) is 10.2 Å². The van der Waals surface area contributed by atoms with Gasteiger partial charge in [0, 0.05) is 31.2 Å². The zero-order chi connectivity index (χ0) is 14.2. The summed E-state index contributed by atoms with van der Waals surface area (Å²) in [6.07, 6.45) is 1.70. The number of likely N-dealkylation sites (tertiary alicyclic amines) is 1. The Morgan fingerprint density at radius 1 is 1.00 bits per heavy atom. The topological polar surface area (TPSA) is 18.5 Å². The highest BCUT2D eigenvalue weighted by molar-refractivity contribution is 4.92. The molecule has 1 N–H and O–H groups in total. The van der Waals surface area contributed by atoms with Crippen LogP contribution < -0.4 is 5.32 Å². The largest absolute Gasteiger partial charge is 0.401 e. The van der Waals surface area contributed by atoms with E-state index in [0.717, 1.165) is 19.4 Å². The van der Waals surface area contributed by atoms with Crippen molar-refractivity contribution in [2.24, 2.45) is 0 Å². The Morgan fingerprint density at radius 3 is 2.60 bits per heavy atom. The smallest absolute Gasteiger partial charge is 0.310 e. The van der Waals surface area contributed by atoms with Gasteiger partial charge in [-0.3, -0.25) is 4.90 Å². The normalized spacial score (nSPS) is 36.5. The fourth-order valence-corrected chi connectivity index (χ4v) is 4.07. The van der Waals surface area contributed by atoms with Crippen molar-refractivity contribution in [3.8, 4) is 0 Å². The summed E-state index contributed by atoms with van der Waals surface area (Å²) in [7, 11) is 0. The minimum atomic E-state index is -4.07. The molecule has 0 aromatic carbocycles. The van der Waals surface area contributed by atoms with E-state index in [0.29, 0.717) is 25.2 Å². The second kappa shape index (κ2) is 5.81. The highest BCUT2D eigenvalue weighted by Crippen LogP contribution is 2.28. The molecule has 0 amide bonds. The molecule has 3 rings (SSSR count). The van der Waals surface area contributed by atoms with Gasteiger partial charge in [0.25, 0.3) is 0 Å². The van der Waals surface area contributed by atoms with Gasteiger partial charge in [-0.05, 0) is 45.2 Å². The first-order valence-electron chi connectivity index (χ1n) is 7.79. The van der Waals surface area contributed by atoms with Crippen LogP contribution in [0.25, 0.3) is 0 Å². The van der Waals surface area contributed by atoms with Crippen molar-refractivity contribution in [2.75, 3.05) is 32.7 Å². The van der Waals surface area contributed by atoms with E-state index in [4.69, 9.17) is 0 Å². The van der Waals surface area contributed by atoms with Gasteiger partial charge in [0.1, 0.15) is 0 Å². The number of hydrogen-bond acceptors (Lipinski definition) is 3. The quantitative estimate of drug-likeness (QED) is 0.856. The van der Waals surface area contributed by atoms with E-state index < -0.39 is 12.7 Å². The average molecular weight is 291 g/mol. The molecule has 3 fully saturated rings. The van der Waals surface area contributed by atoms with Crippen LogP contribution in [-0.4, -0.2) is 66.8 Å². The van der Waals surface area contributed by atoms with Gasteiger partial charge in [-0.2, -0.15) is 13.2 Å². The third-order valence-electron chi connectivity index (χ3n) is 4.97. The molecular weight excluding hydrogens is 267 g/mol. The maximum atomic E-state index is 12.4. The van der Waals surface area contributed by atoms with Crippen LogP contribution >= 0.6 is 0 Å². The van der Waals surface area contributed by atoms with Crippen molar-refractivity contribution in [1.82, 2.24) is 15.1 Å². The lowest BCUT2D eigenvalue weighted by molar-refractivity contribution is -0.143. The van der Waals surface area contributed by atoms with Gasteiger partial charge in [-0.25, -0.2) is 0 Å². The number of halogens is 3. The van der Waals surface area contributed by atoms with Crippen LogP contribution in [0.3, 0.4) is 0 Å². The van der Waals surface area contributed by atoms with E-state index in [1.54, 1.807) is 0 Å². The van der Waals surface area contributed by atoms with Crippen LogP contribution in [0, 0.1) is 0 Å². The predicted molar refractivity (Wildman–Crippen MR) is 71.7 cm³/mol. The lowest BCUT2D eigenvalue weighted by atomic mass is 9.97. The second-order valence-corrected chi connectivity index (χ2v) is 6.56. The molecule has 3 nitrogen and oxygen atoms in total. The molecule has 3 atom stereocenters. The van der Waals surface area contributed by atoms with E-state index >= 15 is 0 Å². The predicted octanol–water partition coefficient (Wildman–Crippen LogP) is 1.84. The third-order valence-corrected chi connectivity index (χ3v) is 4.97. The highest BCUT2D eigenvalue weighted by atomic mass is 19.4. The van der Waals surface area contributed by atoms with Crippen LogP contribution in [0.5, 0.6) is 0 Å². The Kier molecular flexibility index (Phi) is 4.24. The number of nitrogens with zero attached hydrogens (tertiary/aromatic N) is 2. The van der Waals surface area contributed by atoms with Gasteiger partial charge >= 0.3 is 6.18 Å². The minimum Gasteiger partial charge on any atom is -0.310 e. The average Bonchev–Trinajstić information content (AvgIpc) is 2.96. The Morgan fingerprint density at radius 2 is 1.80 bits per heavy atom. The van der Waals surface area contributed by atoms with Crippen molar-refractivity contribution in [2.45, 2.75) is 56.4 Å². The first kappa shape index (κ1) is 14.6. The van der Waals surface area contributed by atoms with E-state index in [1.807, 2.05) is 0 Å². The number of hydrogen-bond donors (Lipinski definition) is 1. The molecule has 20 heavy (non-hydrogen) atoms. The Hall–Kier alpha value is -0.330. The molecule has 116 valence electrons. The van der Waals surface area contributed by atoms with E-state index in [-0.39, 0.29) is 6.04 Å². The number of fused-ring (bicyclic) bond motifs is 1. The molecule has 0 aromatic rings. The van der Waals surface area contributed by atoms with Crippen LogP contribution in [0.15, 0.2) is 0 Å². The maximum Gasteiger partial charge on any atom is 0.401 e. The van der Waals surface area contributed by atoms with Crippen molar-refractivity contribution in [3.63, 3.8) is 0 Å². The molecule has 3 aliphatic rings.